The molecule has 1 heterocycles. The normalized spacial score (nSPS) is 11.5. The van der Waals surface area contributed by atoms with Crippen LogP contribution in [0.4, 0.5) is 18.9 Å². The number of benzene rings is 3. The zero-order valence-corrected chi connectivity index (χ0v) is 16.1. The molecule has 0 fully saturated rings. The SMILES string of the molecule is O=C(Cn1nc(-c2cccc3ccccc23)ccc1=O)Nc1ccccc1C(F)(F)F. The summed E-state index contributed by atoms with van der Waals surface area (Å²) < 4.78 is 40.4. The summed E-state index contributed by atoms with van der Waals surface area (Å²) in [6.45, 7) is -0.524. The van der Waals surface area contributed by atoms with E-state index in [2.05, 4.69) is 10.4 Å². The van der Waals surface area contributed by atoms with E-state index >= 15 is 0 Å². The van der Waals surface area contributed by atoms with Gasteiger partial charge in [-0.25, -0.2) is 4.68 Å². The third-order valence-corrected chi connectivity index (χ3v) is 4.73. The van der Waals surface area contributed by atoms with Gasteiger partial charge in [-0.05, 0) is 29.0 Å². The number of halogens is 3. The highest BCUT2D eigenvalue weighted by Gasteiger charge is 2.33. The predicted octanol–water partition coefficient (Wildman–Crippen LogP) is 4.72. The van der Waals surface area contributed by atoms with Gasteiger partial charge in [-0.15, -0.1) is 0 Å². The number of anilines is 1. The monoisotopic (exact) mass is 423 g/mol. The Hall–Kier alpha value is -3.94. The Balaban J connectivity index is 1.63. The van der Waals surface area contributed by atoms with E-state index in [1.807, 2.05) is 42.5 Å². The lowest BCUT2D eigenvalue weighted by Gasteiger charge is -2.14. The number of rotatable bonds is 4. The maximum atomic E-state index is 13.1. The van der Waals surface area contributed by atoms with Gasteiger partial charge in [-0.3, -0.25) is 9.59 Å². The molecule has 5 nitrogen and oxygen atoms in total. The highest BCUT2D eigenvalue weighted by atomic mass is 19.4. The molecule has 4 aromatic rings. The Bertz CT molecular complexity index is 1320. The van der Waals surface area contributed by atoms with Gasteiger partial charge >= 0.3 is 6.18 Å². The van der Waals surface area contributed by atoms with Crippen molar-refractivity contribution in [1.82, 2.24) is 9.78 Å². The van der Waals surface area contributed by atoms with Gasteiger partial charge in [-0.1, -0.05) is 54.6 Å². The lowest BCUT2D eigenvalue weighted by Crippen LogP contribution is -2.29. The van der Waals surface area contributed by atoms with Gasteiger partial charge in [-0.2, -0.15) is 18.3 Å². The molecule has 0 atom stereocenters. The maximum absolute atomic E-state index is 13.1. The number of nitrogens with zero attached hydrogens (tertiary/aromatic N) is 2. The first-order valence-electron chi connectivity index (χ1n) is 9.35. The van der Waals surface area contributed by atoms with Gasteiger partial charge in [0, 0.05) is 11.6 Å². The van der Waals surface area contributed by atoms with Crippen molar-refractivity contribution in [3.05, 3.63) is 94.8 Å². The van der Waals surface area contributed by atoms with E-state index < -0.39 is 29.8 Å². The van der Waals surface area contributed by atoms with Crippen LogP contribution in [0.25, 0.3) is 22.0 Å². The molecule has 1 N–H and O–H groups in total. The van der Waals surface area contributed by atoms with Crippen molar-refractivity contribution in [1.29, 1.82) is 0 Å². The number of fused-ring (bicyclic) bond motifs is 1. The Labute approximate surface area is 174 Å². The summed E-state index contributed by atoms with van der Waals surface area (Å²) in [7, 11) is 0. The molecule has 31 heavy (non-hydrogen) atoms. The smallest absolute Gasteiger partial charge is 0.324 e. The van der Waals surface area contributed by atoms with Crippen LogP contribution in [0.2, 0.25) is 0 Å². The number of aromatic nitrogens is 2. The number of para-hydroxylation sites is 1. The first kappa shape index (κ1) is 20.3. The Morgan fingerprint density at radius 1 is 0.903 bits per heavy atom. The molecular formula is C23H16F3N3O2. The van der Waals surface area contributed by atoms with E-state index in [1.165, 1.54) is 18.2 Å². The molecule has 0 aliphatic carbocycles. The van der Waals surface area contributed by atoms with Crippen LogP contribution in [0.3, 0.4) is 0 Å². The van der Waals surface area contributed by atoms with Crippen molar-refractivity contribution in [3.8, 4) is 11.3 Å². The quantitative estimate of drug-likeness (QED) is 0.517. The lowest BCUT2D eigenvalue weighted by molar-refractivity contribution is -0.137. The van der Waals surface area contributed by atoms with Crippen LogP contribution >= 0.6 is 0 Å². The van der Waals surface area contributed by atoms with Crippen LogP contribution in [0.15, 0.2) is 83.7 Å². The highest BCUT2D eigenvalue weighted by molar-refractivity contribution is 5.95. The van der Waals surface area contributed by atoms with Gasteiger partial charge in [0.05, 0.1) is 16.9 Å². The first-order valence-corrected chi connectivity index (χ1v) is 9.35. The van der Waals surface area contributed by atoms with Crippen molar-refractivity contribution < 1.29 is 18.0 Å². The standard InChI is InChI=1S/C23H16F3N3O2/c24-23(25,26)18-10-3-4-11-20(18)27-21(30)14-29-22(31)13-12-19(28-29)17-9-5-7-15-6-1-2-8-16(15)17/h1-13H,14H2,(H,27,30). The molecule has 0 aliphatic rings. The van der Waals surface area contributed by atoms with E-state index in [4.69, 9.17) is 0 Å². The number of amides is 1. The van der Waals surface area contributed by atoms with Crippen LogP contribution in [-0.2, 0) is 17.5 Å². The molecule has 0 saturated heterocycles. The van der Waals surface area contributed by atoms with Crippen molar-refractivity contribution >= 4 is 22.4 Å². The van der Waals surface area contributed by atoms with Crippen LogP contribution in [0.1, 0.15) is 5.56 Å². The number of nitrogens with one attached hydrogen (secondary N) is 1. The minimum Gasteiger partial charge on any atom is -0.324 e. The number of carbonyl (C=O) groups is 1. The predicted molar refractivity (Wildman–Crippen MR) is 112 cm³/mol. The van der Waals surface area contributed by atoms with Gasteiger partial charge in [0.25, 0.3) is 5.56 Å². The Morgan fingerprint density at radius 2 is 1.61 bits per heavy atom. The molecular weight excluding hydrogens is 407 g/mol. The largest absolute Gasteiger partial charge is 0.418 e. The summed E-state index contributed by atoms with van der Waals surface area (Å²) in [5, 5.41) is 8.40. The van der Waals surface area contributed by atoms with Crippen molar-refractivity contribution in [2.75, 3.05) is 5.32 Å². The summed E-state index contributed by atoms with van der Waals surface area (Å²) >= 11 is 0. The molecule has 0 radical (unpaired) electrons. The number of carbonyl (C=O) groups excluding carboxylic acids is 1. The minimum absolute atomic E-state index is 0.377. The third kappa shape index (κ3) is 4.32. The molecule has 8 heteroatoms. The molecule has 0 aliphatic heterocycles. The van der Waals surface area contributed by atoms with Crippen LogP contribution in [0, 0.1) is 0 Å². The van der Waals surface area contributed by atoms with Crippen LogP contribution in [-0.4, -0.2) is 15.7 Å². The molecule has 0 bridgehead atoms. The average molecular weight is 423 g/mol. The molecule has 4 rings (SSSR count). The lowest BCUT2D eigenvalue weighted by atomic mass is 10.0. The second kappa shape index (κ2) is 8.06. The van der Waals surface area contributed by atoms with E-state index in [-0.39, 0.29) is 5.69 Å². The van der Waals surface area contributed by atoms with Gasteiger partial charge in [0.2, 0.25) is 5.91 Å². The molecule has 0 spiro atoms. The molecule has 0 unspecified atom stereocenters. The fourth-order valence-corrected chi connectivity index (χ4v) is 3.32. The topological polar surface area (TPSA) is 64.0 Å². The second-order valence-corrected chi connectivity index (χ2v) is 6.83. The zero-order valence-electron chi connectivity index (χ0n) is 16.1. The molecule has 1 aromatic heterocycles. The summed E-state index contributed by atoms with van der Waals surface area (Å²) in [5.41, 5.74) is -0.635. The number of hydrogen-bond donors (Lipinski definition) is 1. The van der Waals surface area contributed by atoms with E-state index in [9.17, 15) is 22.8 Å². The summed E-state index contributed by atoms with van der Waals surface area (Å²) in [5.74, 6) is -0.790. The number of hydrogen-bond acceptors (Lipinski definition) is 3. The fourth-order valence-electron chi connectivity index (χ4n) is 3.32. The highest BCUT2D eigenvalue weighted by Crippen LogP contribution is 2.34. The van der Waals surface area contributed by atoms with Crippen molar-refractivity contribution in [3.63, 3.8) is 0 Å². The van der Waals surface area contributed by atoms with E-state index in [0.717, 1.165) is 33.2 Å². The van der Waals surface area contributed by atoms with Gasteiger partial charge in [0.15, 0.2) is 0 Å². The van der Waals surface area contributed by atoms with E-state index in [0.29, 0.717) is 5.69 Å². The average Bonchev–Trinajstić information content (AvgIpc) is 2.74. The van der Waals surface area contributed by atoms with Gasteiger partial charge in [0.1, 0.15) is 6.54 Å². The fraction of sp³-hybridized carbons (Fsp3) is 0.0870. The van der Waals surface area contributed by atoms with Crippen LogP contribution in [0.5, 0.6) is 0 Å². The summed E-state index contributed by atoms with van der Waals surface area (Å²) in [4.78, 5) is 24.6. The van der Waals surface area contributed by atoms with Crippen molar-refractivity contribution in [2.45, 2.75) is 12.7 Å². The summed E-state index contributed by atoms with van der Waals surface area (Å²) in [6, 6.07) is 20.8. The van der Waals surface area contributed by atoms with Crippen molar-refractivity contribution in [2.24, 2.45) is 0 Å². The maximum Gasteiger partial charge on any atom is 0.418 e. The molecule has 156 valence electrons. The third-order valence-electron chi connectivity index (χ3n) is 4.73. The molecule has 0 saturated carbocycles. The molecule has 3 aromatic carbocycles. The zero-order chi connectivity index (χ0) is 22.0. The van der Waals surface area contributed by atoms with E-state index in [1.54, 1.807) is 6.07 Å². The van der Waals surface area contributed by atoms with Gasteiger partial charge < -0.3 is 5.32 Å². The summed E-state index contributed by atoms with van der Waals surface area (Å²) in [6.07, 6.45) is -4.62. The Kier molecular flexibility index (Phi) is 5.29. The Morgan fingerprint density at radius 3 is 2.42 bits per heavy atom. The first-order chi connectivity index (χ1) is 14.8. The van der Waals surface area contributed by atoms with Crippen LogP contribution < -0.4 is 10.9 Å². The number of alkyl halides is 3. The minimum atomic E-state index is -4.62. The molecule has 1 amide bonds. The second-order valence-electron chi connectivity index (χ2n) is 6.83.